The molecule has 0 aromatic rings. The highest BCUT2D eigenvalue weighted by molar-refractivity contribution is 4.73. The van der Waals surface area contributed by atoms with Crippen molar-refractivity contribution in [3.63, 3.8) is 0 Å². The fourth-order valence-electron chi connectivity index (χ4n) is 2.03. The van der Waals surface area contributed by atoms with Gasteiger partial charge in [-0.3, -0.25) is 0 Å². The van der Waals surface area contributed by atoms with E-state index in [4.69, 9.17) is 0 Å². The van der Waals surface area contributed by atoms with E-state index in [1.54, 1.807) is 0 Å². The molecule has 0 rings (SSSR count). The summed E-state index contributed by atoms with van der Waals surface area (Å²) in [4.78, 5) is 2.47. The maximum Gasteiger partial charge on any atom is 0.0105 e. The minimum absolute atomic E-state index is 0.694. The number of rotatable bonds is 10. The third-order valence-electron chi connectivity index (χ3n) is 3.51. The van der Waals surface area contributed by atoms with Crippen LogP contribution in [-0.2, 0) is 0 Å². The molecule has 0 aliphatic rings. The standard InChI is InChI=1S/C14H32N2/c1-6-9-11-16(5)12-10-14(15-8-3)13(4)7-2/h13-15H,6-12H2,1-5H3/t13?,14-/m1/s1. The minimum atomic E-state index is 0.694. The highest BCUT2D eigenvalue weighted by atomic mass is 15.1. The topological polar surface area (TPSA) is 15.3 Å². The highest BCUT2D eigenvalue weighted by Gasteiger charge is 2.14. The zero-order chi connectivity index (χ0) is 12.4. The molecule has 0 bridgehead atoms. The zero-order valence-electron chi connectivity index (χ0n) is 12.1. The Morgan fingerprint density at radius 3 is 2.31 bits per heavy atom. The first kappa shape index (κ1) is 15.9. The number of nitrogens with one attached hydrogen (secondary N) is 1. The smallest absolute Gasteiger partial charge is 0.0105 e. The summed E-state index contributed by atoms with van der Waals surface area (Å²) in [6.07, 6.45) is 5.18. The Kier molecular flexibility index (Phi) is 10.0. The predicted molar refractivity (Wildman–Crippen MR) is 73.9 cm³/mol. The number of hydrogen-bond donors (Lipinski definition) is 1. The Bertz CT molecular complexity index is 148. The number of unbranched alkanes of at least 4 members (excludes halogenated alkanes) is 1. The maximum atomic E-state index is 3.62. The fraction of sp³-hybridized carbons (Fsp3) is 1.00. The molecule has 0 aromatic heterocycles. The lowest BCUT2D eigenvalue weighted by Crippen LogP contribution is -2.37. The van der Waals surface area contributed by atoms with Gasteiger partial charge in [0.1, 0.15) is 0 Å². The van der Waals surface area contributed by atoms with E-state index >= 15 is 0 Å². The van der Waals surface area contributed by atoms with Crippen LogP contribution in [0.4, 0.5) is 0 Å². The molecule has 0 amide bonds. The van der Waals surface area contributed by atoms with Gasteiger partial charge in [-0.1, -0.05) is 40.5 Å². The zero-order valence-corrected chi connectivity index (χ0v) is 12.1. The van der Waals surface area contributed by atoms with Crippen LogP contribution in [0.2, 0.25) is 0 Å². The molecule has 1 N–H and O–H groups in total. The number of nitrogens with zero attached hydrogens (tertiary/aromatic N) is 1. The molecule has 0 aliphatic carbocycles. The van der Waals surface area contributed by atoms with Crippen LogP contribution in [0.5, 0.6) is 0 Å². The quantitative estimate of drug-likeness (QED) is 0.618. The third-order valence-corrected chi connectivity index (χ3v) is 3.51. The molecule has 2 nitrogen and oxygen atoms in total. The van der Waals surface area contributed by atoms with Gasteiger partial charge in [0.25, 0.3) is 0 Å². The Balaban J connectivity index is 3.81. The van der Waals surface area contributed by atoms with Gasteiger partial charge in [-0.25, -0.2) is 0 Å². The van der Waals surface area contributed by atoms with E-state index < -0.39 is 0 Å². The van der Waals surface area contributed by atoms with Gasteiger partial charge in [0.15, 0.2) is 0 Å². The van der Waals surface area contributed by atoms with E-state index in [0.717, 1.165) is 12.5 Å². The maximum absolute atomic E-state index is 3.62. The molecule has 1 unspecified atom stereocenters. The summed E-state index contributed by atoms with van der Waals surface area (Å²) in [6.45, 7) is 12.7. The molecule has 2 atom stereocenters. The van der Waals surface area contributed by atoms with E-state index in [-0.39, 0.29) is 0 Å². The van der Waals surface area contributed by atoms with E-state index in [9.17, 15) is 0 Å². The second-order valence-corrected chi connectivity index (χ2v) is 5.00. The van der Waals surface area contributed by atoms with Crippen molar-refractivity contribution in [3.8, 4) is 0 Å². The third kappa shape index (κ3) is 7.24. The normalized spacial score (nSPS) is 15.4. The molecule has 2 heteroatoms. The van der Waals surface area contributed by atoms with Crippen LogP contribution >= 0.6 is 0 Å². The van der Waals surface area contributed by atoms with Gasteiger partial charge in [0.05, 0.1) is 0 Å². The average molecular weight is 228 g/mol. The largest absolute Gasteiger partial charge is 0.314 e. The van der Waals surface area contributed by atoms with Gasteiger partial charge in [0.2, 0.25) is 0 Å². The number of hydrogen-bond acceptors (Lipinski definition) is 2. The van der Waals surface area contributed by atoms with Crippen LogP contribution < -0.4 is 5.32 Å². The first-order chi connectivity index (χ1) is 7.65. The van der Waals surface area contributed by atoms with Gasteiger partial charge in [-0.2, -0.15) is 0 Å². The van der Waals surface area contributed by atoms with Crippen molar-refractivity contribution in [3.05, 3.63) is 0 Å². The molecule has 0 fully saturated rings. The van der Waals surface area contributed by atoms with Crippen molar-refractivity contribution >= 4 is 0 Å². The van der Waals surface area contributed by atoms with Gasteiger partial charge >= 0.3 is 0 Å². The van der Waals surface area contributed by atoms with Crippen LogP contribution in [0.1, 0.15) is 53.4 Å². The lowest BCUT2D eigenvalue weighted by atomic mass is 9.96. The van der Waals surface area contributed by atoms with Crippen LogP contribution in [-0.4, -0.2) is 37.6 Å². The van der Waals surface area contributed by atoms with E-state index in [1.165, 1.54) is 38.8 Å². The van der Waals surface area contributed by atoms with Crippen LogP contribution in [0.25, 0.3) is 0 Å². The van der Waals surface area contributed by atoms with Crippen molar-refractivity contribution in [1.82, 2.24) is 10.2 Å². The molecule has 16 heavy (non-hydrogen) atoms. The fourth-order valence-corrected chi connectivity index (χ4v) is 2.03. The molecule has 0 radical (unpaired) electrons. The Labute approximate surface area is 103 Å². The van der Waals surface area contributed by atoms with Gasteiger partial charge in [-0.15, -0.1) is 0 Å². The summed E-state index contributed by atoms with van der Waals surface area (Å²) < 4.78 is 0. The second-order valence-electron chi connectivity index (χ2n) is 5.00. The lowest BCUT2D eigenvalue weighted by molar-refractivity contribution is 0.272. The second kappa shape index (κ2) is 10.1. The Morgan fingerprint density at radius 1 is 1.12 bits per heavy atom. The first-order valence-corrected chi connectivity index (χ1v) is 7.07. The van der Waals surface area contributed by atoms with Crippen molar-refractivity contribution in [2.45, 2.75) is 59.4 Å². The molecule has 0 aliphatic heterocycles. The van der Waals surface area contributed by atoms with Gasteiger partial charge < -0.3 is 10.2 Å². The SMILES string of the molecule is CCCCN(C)CC[C@@H](NCC)C(C)CC. The molecular weight excluding hydrogens is 196 g/mol. The van der Waals surface area contributed by atoms with Crippen molar-refractivity contribution < 1.29 is 0 Å². The molecule has 0 spiro atoms. The van der Waals surface area contributed by atoms with Gasteiger partial charge in [0, 0.05) is 6.04 Å². The first-order valence-electron chi connectivity index (χ1n) is 7.07. The van der Waals surface area contributed by atoms with E-state index in [2.05, 4.69) is 45.0 Å². The summed E-state index contributed by atoms with van der Waals surface area (Å²) in [7, 11) is 2.25. The molecule has 98 valence electrons. The molecule has 0 saturated heterocycles. The van der Waals surface area contributed by atoms with Crippen molar-refractivity contribution in [2.24, 2.45) is 5.92 Å². The molecular formula is C14H32N2. The summed E-state index contributed by atoms with van der Waals surface area (Å²) in [5.74, 6) is 0.791. The molecule has 0 saturated carbocycles. The summed E-state index contributed by atoms with van der Waals surface area (Å²) in [6, 6.07) is 0.694. The average Bonchev–Trinajstić information content (AvgIpc) is 2.30. The molecule has 0 heterocycles. The summed E-state index contributed by atoms with van der Waals surface area (Å²) in [5.41, 5.74) is 0. The monoisotopic (exact) mass is 228 g/mol. The summed E-state index contributed by atoms with van der Waals surface area (Å²) in [5, 5.41) is 3.62. The van der Waals surface area contributed by atoms with E-state index in [1.807, 2.05) is 0 Å². The summed E-state index contributed by atoms with van der Waals surface area (Å²) >= 11 is 0. The lowest BCUT2D eigenvalue weighted by Gasteiger charge is -2.26. The Morgan fingerprint density at radius 2 is 1.81 bits per heavy atom. The van der Waals surface area contributed by atoms with Crippen LogP contribution in [0.15, 0.2) is 0 Å². The van der Waals surface area contributed by atoms with Gasteiger partial charge in [-0.05, 0) is 45.4 Å². The molecule has 0 aromatic carbocycles. The highest BCUT2D eigenvalue weighted by Crippen LogP contribution is 2.11. The van der Waals surface area contributed by atoms with Crippen molar-refractivity contribution in [2.75, 3.05) is 26.7 Å². The Hall–Kier alpha value is -0.0800. The van der Waals surface area contributed by atoms with Crippen molar-refractivity contribution in [1.29, 1.82) is 0 Å². The van der Waals surface area contributed by atoms with Crippen LogP contribution in [0.3, 0.4) is 0 Å². The minimum Gasteiger partial charge on any atom is -0.314 e. The van der Waals surface area contributed by atoms with E-state index in [0.29, 0.717) is 6.04 Å². The predicted octanol–water partition coefficient (Wildman–Crippen LogP) is 3.13. The van der Waals surface area contributed by atoms with Crippen LogP contribution in [0, 0.1) is 5.92 Å².